The molecule has 2 N–H and O–H groups in total. The summed E-state index contributed by atoms with van der Waals surface area (Å²) in [6.45, 7) is 4.09. The molecule has 1 heterocycles. The molecule has 0 fully saturated rings. The average molecular weight is 237 g/mol. The lowest BCUT2D eigenvalue weighted by atomic mass is 9.97. The second-order valence-electron chi connectivity index (χ2n) is 4.02. The van der Waals surface area contributed by atoms with Gasteiger partial charge < -0.3 is 10.3 Å². The Labute approximate surface area is 91.0 Å². The van der Waals surface area contributed by atoms with Crippen LogP contribution in [0.1, 0.15) is 37.9 Å². The molecule has 1 rings (SSSR count). The van der Waals surface area contributed by atoms with E-state index in [1.807, 2.05) is 13.8 Å². The van der Waals surface area contributed by atoms with Crippen LogP contribution in [0.25, 0.3) is 0 Å². The molecule has 0 saturated carbocycles. The number of alkyl halides is 3. The third-order valence-electron chi connectivity index (χ3n) is 2.08. The Morgan fingerprint density at radius 3 is 2.38 bits per heavy atom. The first-order valence-electron chi connectivity index (χ1n) is 4.95. The fourth-order valence-electron chi connectivity index (χ4n) is 1.38. The van der Waals surface area contributed by atoms with Gasteiger partial charge in [-0.1, -0.05) is 19.0 Å². The van der Waals surface area contributed by atoms with Gasteiger partial charge in [0.05, 0.1) is 5.92 Å². The van der Waals surface area contributed by atoms with E-state index in [1.54, 1.807) is 0 Å². The molecule has 0 aliphatic carbocycles. The van der Waals surface area contributed by atoms with Crippen LogP contribution in [-0.2, 0) is 6.18 Å². The zero-order chi connectivity index (χ0) is 12.3. The molecule has 0 saturated heterocycles. The molecule has 0 radical (unpaired) electrons. The van der Waals surface area contributed by atoms with Crippen LogP contribution in [0.2, 0.25) is 0 Å². The fourth-order valence-corrected chi connectivity index (χ4v) is 1.38. The minimum atomic E-state index is -4.57. The van der Waals surface area contributed by atoms with E-state index in [0.717, 1.165) is 0 Å². The second-order valence-corrected chi connectivity index (χ2v) is 4.02. The maximum Gasteiger partial charge on any atom is 0.455 e. The lowest BCUT2D eigenvalue weighted by molar-refractivity contribution is -0.146. The highest BCUT2D eigenvalue weighted by atomic mass is 19.4. The zero-order valence-electron chi connectivity index (χ0n) is 9.08. The zero-order valence-corrected chi connectivity index (χ0v) is 9.08. The molecule has 0 aliphatic heterocycles. The highest BCUT2D eigenvalue weighted by molar-refractivity contribution is 4.97. The molecule has 7 heteroatoms. The van der Waals surface area contributed by atoms with E-state index in [1.165, 1.54) is 0 Å². The molecule has 0 bridgehead atoms. The summed E-state index contributed by atoms with van der Waals surface area (Å²) in [6.07, 6.45) is -3.95. The van der Waals surface area contributed by atoms with Gasteiger partial charge >= 0.3 is 6.18 Å². The van der Waals surface area contributed by atoms with E-state index >= 15 is 0 Å². The van der Waals surface area contributed by atoms with Crippen molar-refractivity contribution in [2.75, 3.05) is 6.54 Å². The standard InChI is InChI=1S/C9H14F3N3O/c1-5(2)3-6(4-13)7-14-8(15-16-7)9(10,11)12/h5-6H,3-4,13H2,1-2H3. The number of nitrogens with zero attached hydrogens (tertiary/aromatic N) is 2. The first-order valence-corrected chi connectivity index (χ1v) is 4.95. The van der Waals surface area contributed by atoms with Gasteiger partial charge in [-0.2, -0.15) is 18.2 Å². The molecule has 0 spiro atoms. The summed E-state index contributed by atoms with van der Waals surface area (Å²) in [7, 11) is 0. The van der Waals surface area contributed by atoms with Crippen LogP contribution < -0.4 is 5.73 Å². The first kappa shape index (κ1) is 13.0. The number of halogens is 3. The Morgan fingerprint density at radius 2 is 2.00 bits per heavy atom. The maximum atomic E-state index is 12.2. The van der Waals surface area contributed by atoms with E-state index in [4.69, 9.17) is 5.73 Å². The highest BCUT2D eigenvalue weighted by Crippen LogP contribution is 2.29. The monoisotopic (exact) mass is 237 g/mol. The van der Waals surface area contributed by atoms with Crippen LogP contribution in [0.3, 0.4) is 0 Å². The summed E-state index contributed by atoms with van der Waals surface area (Å²) < 4.78 is 41.2. The number of aromatic nitrogens is 2. The predicted octanol–water partition coefficient (Wildman–Crippen LogP) is 2.18. The minimum absolute atomic E-state index is 0.0384. The Balaban J connectivity index is 2.83. The van der Waals surface area contributed by atoms with Crippen molar-refractivity contribution >= 4 is 0 Å². The van der Waals surface area contributed by atoms with Crippen LogP contribution in [0.5, 0.6) is 0 Å². The van der Waals surface area contributed by atoms with Crippen molar-refractivity contribution < 1.29 is 17.7 Å². The van der Waals surface area contributed by atoms with Crippen molar-refractivity contribution in [3.63, 3.8) is 0 Å². The quantitative estimate of drug-likeness (QED) is 0.871. The Hall–Kier alpha value is -1.11. The van der Waals surface area contributed by atoms with Crippen LogP contribution in [0.4, 0.5) is 13.2 Å². The molecule has 1 aromatic rings. The predicted molar refractivity (Wildman–Crippen MR) is 50.6 cm³/mol. The third kappa shape index (κ3) is 3.19. The van der Waals surface area contributed by atoms with Gasteiger partial charge in [-0.3, -0.25) is 0 Å². The number of hydrogen-bond donors (Lipinski definition) is 1. The summed E-state index contributed by atoms with van der Waals surface area (Å²) in [5.74, 6) is -1.30. The van der Waals surface area contributed by atoms with E-state index in [9.17, 15) is 13.2 Å². The van der Waals surface area contributed by atoms with Crippen molar-refractivity contribution in [2.24, 2.45) is 11.7 Å². The fraction of sp³-hybridized carbons (Fsp3) is 0.778. The SMILES string of the molecule is CC(C)CC(CN)c1nc(C(F)(F)F)no1. The van der Waals surface area contributed by atoms with E-state index in [2.05, 4.69) is 14.7 Å². The molecule has 0 aliphatic rings. The molecule has 1 atom stereocenters. The van der Waals surface area contributed by atoms with Crippen molar-refractivity contribution in [3.05, 3.63) is 11.7 Å². The van der Waals surface area contributed by atoms with Crippen molar-refractivity contribution in [1.29, 1.82) is 0 Å². The molecule has 4 nitrogen and oxygen atoms in total. The van der Waals surface area contributed by atoms with E-state index < -0.39 is 12.0 Å². The molecule has 16 heavy (non-hydrogen) atoms. The normalized spacial score (nSPS) is 14.4. The third-order valence-corrected chi connectivity index (χ3v) is 2.08. The average Bonchev–Trinajstić information content (AvgIpc) is 2.61. The minimum Gasteiger partial charge on any atom is -0.339 e. The Bertz CT molecular complexity index is 335. The van der Waals surface area contributed by atoms with Gasteiger partial charge in [0.1, 0.15) is 0 Å². The molecule has 0 amide bonds. The van der Waals surface area contributed by atoms with Gasteiger partial charge in [-0.25, -0.2) is 0 Å². The first-order chi connectivity index (χ1) is 7.34. The molecule has 0 aromatic carbocycles. The summed E-state index contributed by atoms with van der Waals surface area (Å²) in [4.78, 5) is 3.32. The van der Waals surface area contributed by atoms with Gasteiger partial charge in [-0.05, 0) is 12.3 Å². The molecular formula is C9H14F3N3O. The summed E-state index contributed by atoms with van der Waals surface area (Å²) >= 11 is 0. The van der Waals surface area contributed by atoms with Gasteiger partial charge in [0, 0.05) is 6.54 Å². The van der Waals surface area contributed by atoms with Gasteiger partial charge in [-0.15, -0.1) is 0 Å². The van der Waals surface area contributed by atoms with Crippen LogP contribution >= 0.6 is 0 Å². The second kappa shape index (κ2) is 4.82. The van der Waals surface area contributed by atoms with E-state index in [-0.39, 0.29) is 18.4 Å². The molecule has 92 valence electrons. The Morgan fingerprint density at radius 1 is 1.38 bits per heavy atom. The van der Waals surface area contributed by atoms with Gasteiger partial charge in [0.15, 0.2) is 0 Å². The number of rotatable bonds is 4. The van der Waals surface area contributed by atoms with Crippen LogP contribution in [0, 0.1) is 5.92 Å². The van der Waals surface area contributed by atoms with Crippen molar-refractivity contribution in [3.8, 4) is 0 Å². The summed E-state index contributed by atoms with van der Waals surface area (Å²) in [5, 5.41) is 2.90. The number of hydrogen-bond acceptors (Lipinski definition) is 4. The van der Waals surface area contributed by atoms with Gasteiger partial charge in [0.2, 0.25) is 5.89 Å². The Kier molecular flexibility index (Phi) is 3.90. The lowest BCUT2D eigenvalue weighted by Gasteiger charge is -2.11. The summed E-state index contributed by atoms with van der Waals surface area (Å²) in [5.41, 5.74) is 5.46. The maximum absolute atomic E-state index is 12.2. The van der Waals surface area contributed by atoms with Crippen LogP contribution in [0.15, 0.2) is 4.52 Å². The van der Waals surface area contributed by atoms with Gasteiger partial charge in [0.25, 0.3) is 5.82 Å². The number of nitrogens with two attached hydrogens (primary N) is 1. The van der Waals surface area contributed by atoms with Crippen molar-refractivity contribution in [1.82, 2.24) is 10.1 Å². The lowest BCUT2D eigenvalue weighted by Crippen LogP contribution is -2.15. The summed E-state index contributed by atoms with van der Waals surface area (Å²) in [6, 6.07) is 0. The molecule has 1 aromatic heterocycles. The van der Waals surface area contributed by atoms with Crippen molar-refractivity contribution in [2.45, 2.75) is 32.4 Å². The smallest absolute Gasteiger partial charge is 0.339 e. The molecular weight excluding hydrogens is 223 g/mol. The molecule has 1 unspecified atom stereocenters. The largest absolute Gasteiger partial charge is 0.455 e. The van der Waals surface area contributed by atoms with Crippen LogP contribution in [-0.4, -0.2) is 16.7 Å². The highest BCUT2D eigenvalue weighted by Gasteiger charge is 2.38. The topological polar surface area (TPSA) is 64.9 Å². The van der Waals surface area contributed by atoms with E-state index in [0.29, 0.717) is 12.3 Å².